The second-order valence-corrected chi connectivity index (χ2v) is 13.7. The topological polar surface area (TPSA) is 44.8 Å². The van der Waals surface area contributed by atoms with Crippen LogP contribution in [0.5, 0.6) is 0 Å². The number of halogens is 3. The molecule has 0 N–H and O–H groups in total. The van der Waals surface area contributed by atoms with Crippen molar-refractivity contribution >= 4 is 28.6 Å². The number of carbonyl (C=O) groups excluding carboxylic acids is 1. The van der Waals surface area contributed by atoms with Crippen molar-refractivity contribution in [1.29, 1.82) is 0 Å². The highest BCUT2D eigenvalue weighted by atomic mass is 127. The Labute approximate surface area is 254 Å². The highest BCUT2D eigenvalue weighted by molar-refractivity contribution is 14.1. The Morgan fingerprint density at radius 3 is 2.55 bits per heavy atom. The molecule has 1 aliphatic carbocycles. The van der Waals surface area contributed by atoms with Gasteiger partial charge in [0, 0.05) is 29.8 Å². The Bertz CT molecular complexity index is 833. The Kier molecular flexibility index (Phi) is 15.2. The molecule has 2 aliphatic rings. The van der Waals surface area contributed by atoms with Gasteiger partial charge in [-0.2, -0.15) is 0 Å². The van der Waals surface area contributed by atoms with E-state index in [-0.39, 0.29) is 37.1 Å². The number of hydrogen-bond donors (Lipinski definition) is 0. The van der Waals surface area contributed by atoms with Gasteiger partial charge in [0.1, 0.15) is 6.61 Å². The molecule has 0 aromatic heterocycles. The van der Waals surface area contributed by atoms with Gasteiger partial charge in [0.2, 0.25) is 5.92 Å². The van der Waals surface area contributed by atoms with Crippen LogP contribution in [0.15, 0.2) is 30.3 Å². The molecule has 1 aromatic rings. The fourth-order valence-electron chi connectivity index (χ4n) is 6.25. The number of benzene rings is 1. The zero-order valence-corrected chi connectivity index (χ0v) is 26.8. The van der Waals surface area contributed by atoms with E-state index in [4.69, 9.17) is 14.2 Å². The summed E-state index contributed by atoms with van der Waals surface area (Å²) in [6.45, 7) is 4.99. The van der Waals surface area contributed by atoms with E-state index < -0.39 is 5.92 Å². The summed E-state index contributed by atoms with van der Waals surface area (Å²) in [5.74, 6) is -1.88. The molecule has 0 amide bonds. The Hall–Kier alpha value is -0.800. The molecule has 1 saturated heterocycles. The van der Waals surface area contributed by atoms with E-state index in [0.717, 1.165) is 82.8 Å². The third kappa shape index (κ3) is 12.2. The van der Waals surface area contributed by atoms with Gasteiger partial charge in [-0.05, 0) is 74.7 Å². The Morgan fingerprint density at radius 1 is 1.07 bits per heavy atom. The zero-order chi connectivity index (χ0) is 28.8. The van der Waals surface area contributed by atoms with Crippen LogP contribution in [-0.4, -0.2) is 34.8 Å². The van der Waals surface area contributed by atoms with E-state index in [2.05, 4.69) is 22.6 Å². The summed E-state index contributed by atoms with van der Waals surface area (Å²) >= 11 is 2.57. The maximum Gasteiger partial charge on any atom is 0.306 e. The molecular weight excluding hydrogens is 625 g/mol. The number of rotatable bonds is 18. The Morgan fingerprint density at radius 2 is 1.82 bits per heavy atom. The lowest BCUT2D eigenvalue weighted by molar-refractivity contribution is -0.196. The SMILES string of the molecule is CC[C@H](C)CC(F)(F)CCC[C@H]1[C@H](OC2CCCCO2)CC(I)[C@@H]1CCCCCCC(=O)OCc1ccccc1. The molecule has 228 valence electrons. The van der Waals surface area contributed by atoms with Gasteiger partial charge in [0.05, 0.1) is 6.10 Å². The molecule has 4 nitrogen and oxygen atoms in total. The van der Waals surface area contributed by atoms with Crippen molar-refractivity contribution in [3.63, 3.8) is 0 Å². The maximum absolute atomic E-state index is 14.6. The van der Waals surface area contributed by atoms with Crippen molar-refractivity contribution in [3.8, 4) is 0 Å². The largest absolute Gasteiger partial charge is 0.461 e. The van der Waals surface area contributed by atoms with Crippen LogP contribution in [0.3, 0.4) is 0 Å². The molecule has 1 aromatic carbocycles. The van der Waals surface area contributed by atoms with Crippen molar-refractivity contribution < 1.29 is 27.8 Å². The normalized spacial score (nSPS) is 26.1. The van der Waals surface area contributed by atoms with Gasteiger partial charge in [0.15, 0.2) is 6.29 Å². The second kappa shape index (κ2) is 18.0. The molecule has 0 spiro atoms. The minimum atomic E-state index is -2.58. The predicted octanol–water partition coefficient (Wildman–Crippen LogP) is 9.66. The molecule has 2 unspecified atom stereocenters. The van der Waals surface area contributed by atoms with Crippen LogP contribution in [0.4, 0.5) is 8.78 Å². The van der Waals surface area contributed by atoms with E-state index in [0.29, 0.717) is 35.2 Å². The molecule has 1 heterocycles. The fourth-order valence-corrected chi connectivity index (χ4v) is 7.64. The Balaban J connectivity index is 1.42. The van der Waals surface area contributed by atoms with Crippen molar-refractivity contribution in [1.82, 2.24) is 0 Å². The minimum absolute atomic E-state index is 0.0118. The summed E-state index contributed by atoms with van der Waals surface area (Å²) in [5.41, 5.74) is 1.01. The standard InChI is InChI=1S/C33H51F2IO4/c1-3-25(2)23-33(34,35)20-13-17-28-27(29(36)22-30(28)40-32-19-11-12-21-38-32)16-9-4-5-10-18-31(37)39-24-26-14-7-6-8-15-26/h6-8,14-15,25,27-30,32H,3-5,9-13,16-24H2,1-2H3/t25-,27+,28+,29?,30+,32?/m0/s1. The first-order chi connectivity index (χ1) is 19.3. The van der Waals surface area contributed by atoms with Crippen LogP contribution < -0.4 is 0 Å². The molecule has 7 heteroatoms. The molecule has 40 heavy (non-hydrogen) atoms. The molecule has 0 radical (unpaired) electrons. The number of unbranched alkanes of at least 4 members (excludes halogenated alkanes) is 3. The molecule has 1 aliphatic heterocycles. The average Bonchev–Trinajstić information content (AvgIpc) is 3.23. The molecule has 2 fully saturated rings. The summed E-state index contributed by atoms with van der Waals surface area (Å²) in [4.78, 5) is 12.1. The summed E-state index contributed by atoms with van der Waals surface area (Å²) in [6.07, 6.45) is 11.7. The van der Waals surface area contributed by atoms with E-state index in [1.165, 1.54) is 0 Å². The number of ether oxygens (including phenoxy) is 3. The van der Waals surface area contributed by atoms with Gasteiger partial charge < -0.3 is 14.2 Å². The summed E-state index contributed by atoms with van der Waals surface area (Å²) in [5, 5.41) is 0. The molecule has 3 rings (SSSR count). The third-order valence-corrected chi connectivity index (χ3v) is 10.2. The van der Waals surface area contributed by atoms with Gasteiger partial charge in [-0.25, -0.2) is 8.78 Å². The molecule has 6 atom stereocenters. The second-order valence-electron chi connectivity index (χ2n) is 12.1. The highest BCUT2D eigenvalue weighted by Crippen LogP contribution is 2.46. The van der Waals surface area contributed by atoms with Gasteiger partial charge >= 0.3 is 5.97 Å². The van der Waals surface area contributed by atoms with Gasteiger partial charge in [0.25, 0.3) is 0 Å². The summed E-state index contributed by atoms with van der Waals surface area (Å²) in [6, 6.07) is 9.76. The van der Waals surface area contributed by atoms with Crippen LogP contribution in [-0.2, 0) is 25.6 Å². The lowest BCUT2D eigenvalue weighted by Crippen LogP contribution is -2.31. The summed E-state index contributed by atoms with van der Waals surface area (Å²) in [7, 11) is 0. The molecule has 1 saturated carbocycles. The number of alkyl halides is 3. The number of carbonyl (C=O) groups is 1. The van der Waals surface area contributed by atoms with Gasteiger partial charge in [-0.1, -0.05) is 92.5 Å². The number of esters is 1. The van der Waals surface area contributed by atoms with Gasteiger partial charge in [-0.3, -0.25) is 4.79 Å². The fraction of sp³-hybridized carbons (Fsp3) is 0.788. The first-order valence-electron chi connectivity index (χ1n) is 15.8. The minimum Gasteiger partial charge on any atom is -0.461 e. The quantitative estimate of drug-likeness (QED) is 0.0673. The third-order valence-electron chi connectivity index (χ3n) is 8.75. The van der Waals surface area contributed by atoms with E-state index >= 15 is 0 Å². The van der Waals surface area contributed by atoms with Crippen LogP contribution in [0.2, 0.25) is 0 Å². The van der Waals surface area contributed by atoms with E-state index in [9.17, 15) is 13.6 Å². The lowest BCUT2D eigenvalue weighted by Gasteiger charge is -2.31. The van der Waals surface area contributed by atoms with E-state index in [1.54, 1.807) is 0 Å². The number of hydrogen-bond acceptors (Lipinski definition) is 4. The lowest BCUT2D eigenvalue weighted by atomic mass is 9.85. The average molecular weight is 677 g/mol. The van der Waals surface area contributed by atoms with Gasteiger partial charge in [-0.15, -0.1) is 0 Å². The van der Waals surface area contributed by atoms with Crippen LogP contribution in [0.25, 0.3) is 0 Å². The van der Waals surface area contributed by atoms with Crippen LogP contribution in [0, 0.1) is 17.8 Å². The predicted molar refractivity (Wildman–Crippen MR) is 165 cm³/mol. The molecular formula is C33H51F2IO4. The summed E-state index contributed by atoms with van der Waals surface area (Å²) < 4.78 is 47.5. The van der Waals surface area contributed by atoms with E-state index in [1.807, 2.05) is 44.2 Å². The smallest absolute Gasteiger partial charge is 0.306 e. The van der Waals surface area contributed by atoms with Crippen LogP contribution in [0.1, 0.15) is 116 Å². The first kappa shape index (κ1) is 33.7. The van der Waals surface area contributed by atoms with Crippen molar-refractivity contribution in [2.24, 2.45) is 17.8 Å². The maximum atomic E-state index is 14.6. The first-order valence-corrected chi connectivity index (χ1v) is 17.0. The zero-order valence-electron chi connectivity index (χ0n) is 24.6. The van der Waals surface area contributed by atoms with Crippen molar-refractivity contribution in [2.75, 3.05) is 6.61 Å². The van der Waals surface area contributed by atoms with Crippen molar-refractivity contribution in [3.05, 3.63) is 35.9 Å². The van der Waals surface area contributed by atoms with Crippen LogP contribution >= 0.6 is 22.6 Å². The highest BCUT2D eigenvalue weighted by Gasteiger charge is 2.43. The molecule has 0 bridgehead atoms. The van der Waals surface area contributed by atoms with Crippen molar-refractivity contribution in [2.45, 2.75) is 139 Å². The monoisotopic (exact) mass is 676 g/mol.